The number of halogens is 2. The van der Waals surface area contributed by atoms with Crippen LogP contribution in [0.1, 0.15) is 57.4 Å². The molecule has 0 aromatic heterocycles. The van der Waals surface area contributed by atoms with Crippen LogP contribution in [0.3, 0.4) is 0 Å². The predicted molar refractivity (Wildman–Crippen MR) is 149 cm³/mol. The second-order valence-corrected chi connectivity index (χ2v) is 10.9. The van der Waals surface area contributed by atoms with E-state index in [2.05, 4.69) is 9.84 Å². The van der Waals surface area contributed by atoms with Crippen molar-refractivity contribution in [2.24, 2.45) is 0 Å². The summed E-state index contributed by atoms with van der Waals surface area (Å²) < 4.78 is 45.1. The molecule has 3 atom stereocenters. The molecular formula is C28H34ClFNO9P. The van der Waals surface area contributed by atoms with Crippen LogP contribution < -0.4 is 5.32 Å². The number of hydrogen-bond acceptors (Lipinski definition) is 8. The molecule has 1 aliphatic carbocycles. The van der Waals surface area contributed by atoms with E-state index in [1.807, 2.05) is 0 Å². The molecule has 224 valence electrons. The van der Waals surface area contributed by atoms with Gasteiger partial charge in [-0.1, -0.05) is 42.3 Å². The van der Waals surface area contributed by atoms with Gasteiger partial charge in [-0.25, -0.2) is 9.18 Å². The van der Waals surface area contributed by atoms with Gasteiger partial charge in [-0.3, -0.25) is 14.2 Å². The Kier molecular flexibility index (Phi) is 13.1. The summed E-state index contributed by atoms with van der Waals surface area (Å²) in [5.41, 5.74) is 1.65. The Balaban J connectivity index is 1.60. The van der Waals surface area contributed by atoms with Crippen LogP contribution in [-0.2, 0) is 39.3 Å². The number of amides is 1. The van der Waals surface area contributed by atoms with Crippen LogP contribution in [-0.4, -0.2) is 48.0 Å². The molecule has 0 saturated heterocycles. The van der Waals surface area contributed by atoms with Crippen molar-refractivity contribution < 1.29 is 47.0 Å². The van der Waals surface area contributed by atoms with Gasteiger partial charge < -0.3 is 28.9 Å². The first-order valence-corrected chi connectivity index (χ1v) is 15.0. The molecule has 41 heavy (non-hydrogen) atoms. The Morgan fingerprint density at radius 2 is 1.80 bits per heavy atom. The van der Waals surface area contributed by atoms with Gasteiger partial charge in [0.1, 0.15) is 11.9 Å². The highest BCUT2D eigenvalue weighted by Crippen LogP contribution is 2.27. The van der Waals surface area contributed by atoms with E-state index in [-0.39, 0.29) is 32.0 Å². The van der Waals surface area contributed by atoms with Gasteiger partial charge in [0.2, 0.25) is 12.2 Å². The minimum atomic E-state index is -3.18. The smallest absolute Gasteiger partial charge is 0.431 e. The Morgan fingerprint density at radius 1 is 1.10 bits per heavy atom. The first-order chi connectivity index (χ1) is 19.6. The van der Waals surface area contributed by atoms with Crippen molar-refractivity contribution in [1.82, 2.24) is 5.32 Å². The Bertz CT molecular complexity index is 1210. The highest BCUT2D eigenvalue weighted by molar-refractivity contribution is 7.32. The predicted octanol–water partition coefficient (Wildman–Crippen LogP) is 5.73. The quantitative estimate of drug-likeness (QED) is 0.165. The van der Waals surface area contributed by atoms with E-state index in [0.29, 0.717) is 16.1 Å². The first kappa shape index (κ1) is 32.5. The molecule has 10 nitrogen and oxygen atoms in total. The summed E-state index contributed by atoms with van der Waals surface area (Å²) in [5, 5.41) is 3.09. The molecule has 2 N–H and O–H groups in total. The third kappa shape index (κ3) is 11.8. The lowest BCUT2D eigenvalue weighted by Gasteiger charge is -2.23. The fourth-order valence-corrected chi connectivity index (χ4v) is 4.92. The minimum absolute atomic E-state index is 0.204. The molecule has 2 aromatic rings. The molecular weight excluding hydrogens is 580 g/mol. The largest absolute Gasteiger partial charge is 0.511 e. The average molecular weight is 614 g/mol. The van der Waals surface area contributed by atoms with E-state index >= 15 is 0 Å². The van der Waals surface area contributed by atoms with E-state index in [4.69, 9.17) is 30.7 Å². The molecule has 1 saturated carbocycles. The number of rotatable bonds is 13. The monoisotopic (exact) mass is 613 g/mol. The summed E-state index contributed by atoms with van der Waals surface area (Å²) in [4.78, 5) is 45.9. The number of carbonyl (C=O) groups excluding carboxylic acids is 3. The maximum atomic E-state index is 14.3. The Morgan fingerprint density at radius 3 is 2.49 bits per heavy atom. The van der Waals surface area contributed by atoms with Crippen molar-refractivity contribution in [3.05, 3.63) is 58.9 Å². The third-order valence-corrected chi connectivity index (χ3v) is 7.07. The second-order valence-electron chi connectivity index (χ2n) is 9.66. The van der Waals surface area contributed by atoms with Crippen LogP contribution in [0.2, 0.25) is 5.02 Å². The molecule has 0 radical (unpaired) electrons. The average Bonchev–Trinajstić information content (AvgIpc) is 2.90. The topological polar surface area (TPSA) is 137 Å². The van der Waals surface area contributed by atoms with Crippen LogP contribution in [0.25, 0.3) is 11.1 Å². The zero-order valence-corrected chi connectivity index (χ0v) is 24.4. The lowest BCUT2D eigenvalue weighted by molar-refractivity contribution is -0.169. The zero-order valence-electron chi connectivity index (χ0n) is 22.6. The van der Waals surface area contributed by atoms with Crippen molar-refractivity contribution in [3.8, 4) is 11.1 Å². The molecule has 3 rings (SSSR count). The van der Waals surface area contributed by atoms with Crippen LogP contribution in [0.15, 0.2) is 42.5 Å². The molecule has 1 amide bonds. The molecule has 0 spiro atoms. The van der Waals surface area contributed by atoms with Crippen LogP contribution in [0, 0.1) is 5.82 Å². The normalized spacial score (nSPS) is 15.8. The molecule has 2 unspecified atom stereocenters. The molecule has 1 fully saturated rings. The lowest BCUT2D eigenvalue weighted by atomic mass is 9.98. The van der Waals surface area contributed by atoms with Gasteiger partial charge in [-0.05, 0) is 61.4 Å². The summed E-state index contributed by atoms with van der Waals surface area (Å²) in [6, 6.07) is 10.4. The fourth-order valence-electron chi connectivity index (χ4n) is 4.47. The molecule has 0 aliphatic heterocycles. The van der Waals surface area contributed by atoms with Gasteiger partial charge in [0.05, 0.1) is 19.4 Å². The number of nitrogens with one attached hydrogen (secondary N) is 1. The highest BCUT2D eigenvalue weighted by Gasteiger charge is 2.24. The van der Waals surface area contributed by atoms with Gasteiger partial charge in [0.25, 0.3) is 0 Å². The van der Waals surface area contributed by atoms with Crippen LogP contribution in [0.5, 0.6) is 0 Å². The van der Waals surface area contributed by atoms with Crippen molar-refractivity contribution in [2.75, 3.05) is 6.61 Å². The summed E-state index contributed by atoms with van der Waals surface area (Å²) in [7, 11) is -3.18. The van der Waals surface area contributed by atoms with Crippen molar-refractivity contribution in [3.63, 3.8) is 0 Å². The minimum Gasteiger partial charge on any atom is -0.431 e. The van der Waals surface area contributed by atoms with E-state index in [0.717, 1.165) is 37.7 Å². The zero-order chi connectivity index (χ0) is 29.8. The Hall–Kier alpha value is -2.98. The lowest BCUT2D eigenvalue weighted by Crippen LogP contribution is -2.39. The SMILES string of the molecule is CC(OC(=O)C[C@@H](Cc1ccc(-c2cc(Cl)ccc2F)cc1)NC(=O)CCO[PH](=O)O)OC(=O)OC1CCCCC1. The number of benzene rings is 2. The molecule has 0 heterocycles. The van der Waals surface area contributed by atoms with Gasteiger partial charge in [0, 0.05) is 23.6 Å². The second kappa shape index (κ2) is 16.5. The van der Waals surface area contributed by atoms with Crippen LogP contribution >= 0.6 is 19.9 Å². The number of carbonyl (C=O) groups is 3. The maximum Gasteiger partial charge on any atom is 0.511 e. The Labute approximate surface area is 243 Å². The van der Waals surface area contributed by atoms with Crippen LogP contribution in [0.4, 0.5) is 9.18 Å². The molecule has 1 aliphatic rings. The first-order valence-electron chi connectivity index (χ1n) is 13.3. The van der Waals surface area contributed by atoms with Crippen molar-refractivity contribution in [2.45, 2.75) is 76.7 Å². The van der Waals surface area contributed by atoms with Crippen molar-refractivity contribution in [1.29, 1.82) is 0 Å². The van der Waals surface area contributed by atoms with Gasteiger partial charge >= 0.3 is 20.4 Å². The van der Waals surface area contributed by atoms with E-state index in [1.165, 1.54) is 25.1 Å². The van der Waals surface area contributed by atoms with E-state index < -0.39 is 44.4 Å². The van der Waals surface area contributed by atoms with Crippen molar-refractivity contribution >= 4 is 37.9 Å². The van der Waals surface area contributed by atoms with E-state index in [9.17, 15) is 23.3 Å². The molecule has 13 heteroatoms. The van der Waals surface area contributed by atoms with Gasteiger partial charge in [0.15, 0.2) is 0 Å². The standard InChI is InChI=1S/C28H34ClFNO9P/c1-18(39-28(34)40-23-5-3-2-4-6-23)38-27(33)17-22(31-26(32)13-14-37-41(35)36)15-19-7-9-20(10-8-19)24-16-21(29)11-12-25(24)30/h7-12,16,18,22-23,41H,2-6,13-15,17H2,1H3,(H,31,32)(H,35,36)/t18?,22-/m1/s1. The maximum absolute atomic E-state index is 14.3. The number of ether oxygens (including phenoxy) is 3. The summed E-state index contributed by atoms with van der Waals surface area (Å²) in [5.74, 6) is -1.67. The number of esters is 1. The van der Waals surface area contributed by atoms with Gasteiger partial charge in [-0.2, -0.15) is 0 Å². The summed E-state index contributed by atoms with van der Waals surface area (Å²) >= 11 is 6.00. The van der Waals surface area contributed by atoms with E-state index in [1.54, 1.807) is 24.3 Å². The summed E-state index contributed by atoms with van der Waals surface area (Å²) in [6.07, 6.45) is 1.96. The highest BCUT2D eigenvalue weighted by atomic mass is 35.5. The third-order valence-electron chi connectivity index (χ3n) is 6.38. The number of hydrogen-bond donors (Lipinski definition) is 2. The fraction of sp³-hybridized carbons (Fsp3) is 0.464. The molecule has 2 aromatic carbocycles. The van der Waals surface area contributed by atoms with Gasteiger partial charge in [-0.15, -0.1) is 0 Å². The molecule has 0 bridgehead atoms. The summed E-state index contributed by atoms with van der Waals surface area (Å²) in [6.45, 7) is 1.11.